The van der Waals surface area contributed by atoms with Crippen LogP contribution in [0.4, 0.5) is 10.5 Å². The number of carbonyl (C=O) groups is 3. The van der Waals surface area contributed by atoms with Gasteiger partial charge >= 0.3 is 6.09 Å². The van der Waals surface area contributed by atoms with Gasteiger partial charge in [0.2, 0.25) is 5.91 Å². The molecule has 1 fully saturated rings. The number of alkyl carbamates (subject to hydrolysis) is 1. The summed E-state index contributed by atoms with van der Waals surface area (Å²) in [6.45, 7) is 11.0. The summed E-state index contributed by atoms with van der Waals surface area (Å²) in [6.07, 6.45) is 1.76. The van der Waals surface area contributed by atoms with Crippen LogP contribution in [-0.4, -0.2) is 46.2 Å². The molecule has 2 unspecified atom stereocenters. The van der Waals surface area contributed by atoms with Crippen molar-refractivity contribution in [3.05, 3.63) is 63.7 Å². The van der Waals surface area contributed by atoms with Crippen LogP contribution in [0.5, 0.6) is 0 Å². The molecule has 0 bridgehead atoms. The number of ether oxygens (including phenoxy) is 1. The third-order valence-electron chi connectivity index (χ3n) is 6.71. The number of nitrogens with zero attached hydrogens (tertiary/aromatic N) is 1. The molecule has 0 aliphatic heterocycles. The molecule has 2 aromatic rings. The molecule has 2 aromatic carbocycles. The monoisotopic (exact) mass is 559 g/mol. The summed E-state index contributed by atoms with van der Waals surface area (Å²) in [6, 6.07) is 9.12. The summed E-state index contributed by atoms with van der Waals surface area (Å²) in [7, 11) is 0. The second kappa shape index (κ2) is 12.4. The van der Waals surface area contributed by atoms with Crippen molar-refractivity contribution in [3.63, 3.8) is 0 Å². The lowest BCUT2D eigenvalue weighted by molar-refractivity contribution is -0.145. The highest BCUT2D eigenvalue weighted by Gasteiger charge is 2.42. The van der Waals surface area contributed by atoms with Crippen LogP contribution >= 0.6 is 24.2 Å². The van der Waals surface area contributed by atoms with Gasteiger partial charge in [0.25, 0.3) is 5.91 Å². The van der Waals surface area contributed by atoms with E-state index in [1.807, 2.05) is 51.1 Å². The number of nitrogens with one attached hydrogen (secondary N) is 2. The first-order valence-electron chi connectivity index (χ1n) is 12.9. The van der Waals surface area contributed by atoms with Crippen molar-refractivity contribution in [2.75, 3.05) is 11.1 Å². The van der Waals surface area contributed by atoms with Crippen LogP contribution < -0.4 is 10.6 Å². The Balaban J connectivity index is 2.07. The van der Waals surface area contributed by atoms with Crippen molar-refractivity contribution >= 4 is 47.8 Å². The van der Waals surface area contributed by atoms with Gasteiger partial charge in [-0.25, -0.2) is 4.79 Å². The van der Waals surface area contributed by atoms with Crippen LogP contribution in [0.3, 0.4) is 0 Å². The van der Waals surface area contributed by atoms with E-state index in [0.717, 1.165) is 41.5 Å². The van der Waals surface area contributed by atoms with E-state index in [2.05, 4.69) is 23.3 Å². The number of para-hydroxylation sites is 1. The van der Waals surface area contributed by atoms with Gasteiger partial charge in [-0.1, -0.05) is 41.9 Å². The normalized spacial score (nSPS) is 15.2. The highest BCUT2D eigenvalue weighted by molar-refractivity contribution is 7.80. The maximum Gasteiger partial charge on any atom is 0.408 e. The lowest BCUT2D eigenvalue weighted by Crippen LogP contribution is -2.57. The minimum Gasteiger partial charge on any atom is -0.444 e. The van der Waals surface area contributed by atoms with Crippen molar-refractivity contribution in [2.45, 2.75) is 84.5 Å². The molecule has 1 aliphatic carbocycles. The molecule has 3 amide bonds. The zero-order valence-corrected chi connectivity index (χ0v) is 24.6. The van der Waals surface area contributed by atoms with Crippen LogP contribution in [0.2, 0.25) is 5.02 Å². The zero-order chi connectivity index (χ0) is 28.2. The van der Waals surface area contributed by atoms with Gasteiger partial charge in [-0.3, -0.25) is 9.59 Å². The number of anilines is 1. The molecular weight excluding hydrogens is 522 g/mol. The second-order valence-corrected chi connectivity index (χ2v) is 11.6. The number of thiol groups is 1. The van der Waals surface area contributed by atoms with E-state index in [0.29, 0.717) is 10.7 Å². The van der Waals surface area contributed by atoms with Gasteiger partial charge in [0.05, 0.1) is 10.7 Å². The Hall–Kier alpha value is -2.71. The Kier molecular flexibility index (Phi) is 9.76. The Morgan fingerprint density at radius 2 is 1.63 bits per heavy atom. The van der Waals surface area contributed by atoms with E-state index in [9.17, 15) is 14.4 Å². The van der Waals surface area contributed by atoms with Crippen molar-refractivity contribution in [2.24, 2.45) is 0 Å². The fourth-order valence-electron chi connectivity index (χ4n) is 4.64. The van der Waals surface area contributed by atoms with Gasteiger partial charge in [-0.05, 0) is 89.1 Å². The average molecular weight is 560 g/mol. The minimum absolute atomic E-state index is 0.0476. The van der Waals surface area contributed by atoms with E-state index in [1.165, 1.54) is 0 Å². The average Bonchev–Trinajstić information content (AvgIpc) is 2.78. The molecule has 0 heterocycles. The first-order valence-corrected chi connectivity index (χ1v) is 13.9. The van der Waals surface area contributed by atoms with Crippen molar-refractivity contribution < 1.29 is 19.1 Å². The molecule has 0 aromatic heterocycles. The molecule has 7 nitrogen and oxygen atoms in total. The van der Waals surface area contributed by atoms with Crippen molar-refractivity contribution in [3.8, 4) is 0 Å². The highest BCUT2D eigenvalue weighted by atomic mass is 35.5. The molecule has 3 rings (SSSR count). The van der Waals surface area contributed by atoms with E-state index < -0.39 is 23.8 Å². The molecule has 206 valence electrons. The molecular formula is C29H38ClN3O4S. The number of aryl methyl sites for hydroxylation is 3. The molecule has 38 heavy (non-hydrogen) atoms. The number of benzene rings is 2. The fourth-order valence-corrected chi connectivity index (χ4v) is 5.15. The van der Waals surface area contributed by atoms with Gasteiger partial charge in [0.1, 0.15) is 17.7 Å². The maximum absolute atomic E-state index is 14.1. The van der Waals surface area contributed by atoms with Gasteiger partial charge < -0.3 is 20.3 Å². The first-order chi connectivity index (χ1) is 17.8. The molecule has 1 saturated carbocycles. The summed E-state index contributed by atoms with van der Waals surface area (Å²) in [4.78, 5) is 42.5. The quantitative estimate of drug-likeness (QED) is 0.339. The van der Waals surface area contributed by atoms with Gasteiger partial charge in [-0.2, -0.15) is 12.6 Å². The van der Waals surface area contributed by atoms with E-state index in [4.69, 9.17) is 16.3 Å². The summed E-state index contributed by atoms with van der Waals surface area (Å²) in [5.41, 5.74) is 3.13. The molecule has 9 heteroatoms. The largest absolute Gasteiger partial charge is 0.444 e. The third-order valence-corrected chi connectivity index (χ3v) is 7.39. The standard InChI is InChI=1S/C29H38ClN3O4S/c1-17-10-7-11-18(2)23(17)25(26(34)32-24-19(3)12-8-15-21(24)30)33(20-13-9-14-20)27(35)22(16-38)31-28(36)37-29(4,5)6/h7-8,10-12,15,20,22,25,38H,9,13-14,16H2,1-6H3,(H,31,36)(H,32,34). The topological polar surface area (TPSA) is 87.7 Å². The Morgan fingerprint density at radius 3 is 2.13 bits per heavy atom. The third kappa shape index (κ3) is 7.03. The maximum atomic E-state index is 14.1. The molecule has 0 spiro atoms. The summed E-state index contributed by atoms with van der Waals surface area (Å²) < 4.78 is 5.39. The van der Waals surface area contributed by atoms with Gasteiger partial charge in [0, 0.05) is 11.8 Å². The van der Waals surface area contributed by atoms with Crippen LogP contribution in [-0.2, 0) is 14.3 Å². The Labute approximate surface area is 236 Å². The van der Waals surface area contributed by atoms with E-state index in [1.54, 1.807) is 31.7 Å². The second-order valence-electron chi connectivity index (χ2n) is 10.8. The zero-order valence-electron chi connectivity index (χ0n) is 22.9. The summed E-state index contributed by atoms with van der Waals surface area (Å²) in [5.74, 6) is -0.699. The molecule has 1 aliphatic rings. The smallest absolute Gasteiger partial charge is 0.408 e. The van der Waals surface area contributed by atoms with Crippen LogP contribution in [0.1, 0.15) is 68.3 Å². The lowest BCUT2D eigenvalue weighted by Gasteiger charge is -2.44. The van der Waals surface area contributed by atoms with Crippen molar-refractivity contribution in [1.82, 2.24) is 10.2 Å². The molecule has 0 radical (unpaired) electrons. The van der Waals surface area contributed by atoms with Crippen LogP contribution in [0.15, 0.2) is 36.4 Å². The number of rotatable bonds is 8. The molecule has 0 saturated heterocycles. The highest BCUT2D eigenvalue weighted by Crippen LogP contribution is 2.37. The van der Waals surface area contributed by atoms with Crippen LogP contribution in [0.25, 0.3) is 0 Å². The molecule has 2 N–H and O–H groups in total. The number of halogens is 1. The summed E-state index contributed by atoms with van der Waals surface area (Å²) >= 11 is 10.8. The predicted molar refractivity (Wildman–Crippen MR) is 155 cm³/mol. The van der Waals surface area contributed by atoms with Gasteiger partial charge in [-0.15, -0.1) is 0 Å². The SMILES string of the molecule is Cc1cccc(Cl)c1NC(=O)C(c1c(C)cccc1C)N(C(=O)C(CS)NC(=O)OC(C)(C)C)C1CCC1. The number of hydrogen-bond donors (Lipinski definition) is 3. The lowest BCUT2D eigenvalue weighted by atomic mass is 9.86. The molecule has 2 atom stereocenters. The van der Waals surface area contributed by atoms with Crippen molar-refractivity contribution in [1.29, 1.82) is 0 Å². The Morgan fingerprint density at radius 1 is 1.05 bits per heavy atom. The van der Waals surface area contributed by atoms with Crippen LogP contribution in [0, 0.1) is 20.8 Å². The number of amides is 3. The minimum atomic E-state index is -0.976. The van der Waals surface area contributed by atoms with E-state index in [-0.39, 0.29) is 23.6 Å². The summed E-state index contributed by atoms with van der Waals surface area (Å²) in [5, 5.41) is 6.09. The first kappa shape index (κ1) is 29.8. The predicted octanol–water partition coefficient (Wildman–Crippen LogP) is 6.15. The number of hydrogen-bond acceptors (Lipinski definition) is 5. The number of carbonyl (C=O) groups excluding carboxylic acids is 3. The fraction of sp³-hybridized carbons (Fsp3) is 0.483. The van der Waals surface area contributed by atoms with E-state index >= 15 is 0 Å². The van der Waals surface area contributed by atoms with Gasteiger partial charge in [0.15, 0.2) is 0 Å². The Bertz CT molecular complexity index is 1150.